The number of aryl methyl sites for hydroxylation is 1. The number of hydrogen-bond donors (Lipinski definition) is 1. The predicted molar refractivity (Wildman–Crippen MR) is 177 cm³/mol. The number of rotatable bonds is 11. The Kier molecular flexibility index (Phi) is 9.07. The number of aromatic nitrogens is 5. The Bertz CT molecular complexity index is 1930. The van der Waals surface area contributed by atoms with Gasteiger partial charge in [-0.2, -0.15) is 0 Å². The van der Waals surface area contributed by atoms with Gasteiger partial charge in [-0.25, -0.2) is 19.3 Å². The van der Waals surface area contributed by atoms with Crippen LogP contribution in [0.2, 0.25) is 5.02 Å². The number of piperidine rings is 1. The highest BCUT2D eigenvalue weighted by Gasteiger charge is 2.31. The van der Waals surface area contributed by atoms with E-state index < -0.39 is 5.82 Å². The van der Waals surface area contributed by atoms with Crippen LogP contribution in [0.25, 0.3) is 10.3 Å². The van der Waals surface area contributed by atoms with Crippen molar-refractivity contribution < 1.29 is 18.7 Å². The molecule has 0 spiro atoms. The van der Waals surface area contributed by atoms with E-state index in [2.05, 4.69) is 31.3 Å². The molecule has 1 saturated carbocycles. The van der Waals surface area contributed by atoms with Crippen molar-refractivity contribution in [2.45, 2.75) is 64.8 Å². The first kappa shape index (κ1) is 31.5. The van der Waals surface area contributed by atoms with Gasteiger partial charge in [0.2, 0.25) is 11.8 Å². The average Bonchev–Trinajstić information content (AvgIpc) is 3.57. The number of benzene rings is 1. The summed E-state index contributed by atoms with van der Waals surface area (Å²) in [6.45, 7) is 5.95. The van der Waals surface area contributed by atoms with Crippen molar-refractivity contribution in [2.24, 2.45) is 5.92 Å². The highest BCUT2D eigenvalue weighted by atomic mass is 35.5. The molecule has 1 aliphatic heterocycles. The smallest absolute Gasteiger partial charge is 0.268 e. The van der Waals surface area contributed by atoms with Crippen molar-refractivity contribution in [3.05, 3.63) is 93.5 Å². The van der Waals surface area contributed by atoms with Crippen LogP contribution >= 0.6 is 22.9 Å². The number of pyridine rings is 1. The largest absolute Gasteiger partial charge is 0.473 e. The number of halogens is 2. The minimum atomic E-state index is -0.399. The molecular weight excluding hydrogens is 641 g/mol. The summed E-state index contributed by atoms with van der Waals surface area (Å²) < 4.78 is 24.3. The molecule has 1 aliphatic carbocycles. The number of carbonyl (C=O) groups is 2. The van der Waals surface area contributed by atoms with Gasteiger partial charge in [0, 0.05) is 46.9 Å². The fourth-order valence-corrected chi connectivity index (χ4v) is 7.14. The summed E-state index contributed by atoms with van der Waals surface area (Å²) in [4.78, 5) is 42.8. The summed E-state index contributed by atoms with van der Waals surface area (Å²) in [6.07, 6.45) is 7.24. The van der Waals surface area contributed by atoms with E-state index in [4.69, 9.17) is 26.3 Å². The molecule has 7 rings (SSSR count). The molecule has 13 heteroatoms. The van der Waals surface area contributed by atoms with Gasteiger partial charge in [-0.15, -0.1) is 11.3 Å². The number of imide groups is 1. The van der Waals surface area contributed by atoms with Crippen LogP contribution < -0.4 is 10.1 Å². The third kappa shape index (κ3) is 7.09. The summed E-state index contributed by atoms with van der Waals surface area (Å²) in [5.41, 5.74) is 3.34. The zero-order chi connectivity index (χ0) is 32.5. The molecule has 1 saturated heterocycles. The average molecular weight is 676 g/mol. The molecule has 10 nitrogen and oxygen atoms in total. The van der Waals surface area contributed by atoms with Crippen molar-refractivity contribution in [3.8, 4) is 5.88 Å². The first-order valence-electron chi connectivity index (χ1n) is 15.9. The molecule has 0 unspecified atom stereocenters. The van der Waals surface area contributed by atoms with Crippen LogP contribution in [0.15, 0.2) is 55.0 Å². The normalized spacial score (nSPS) is 15.7. The Hall–Kier alpha value is -4.13. The number of thiophene rings is 1. The van der Waals surface area contributed by atoms with Crippen LogP contribution in [-0.4, -0.2) is 53.9 Å². The van der Waals surface area contributed by atoms with Gasteiger partial charge in [0.05, 0.1) is 35.5 Å². The fraction of sp³-hybridized carbons (Fsp3) is 0.382. The lowest BCUT2D eigenvalue weighted by Crippen LogP contribution is -2.33. The van der Waals surface area contributed by atoms with E-state index in [1.54, 1.807) is 18.2 Å². The summed E-state index contributed by atoms with van der Waals surface area (Å²) in [5, 5.41) is 2.90. The summed E-state index contributed by atoms with van der Waals surface area (Å²) in [5.74, 6) is 0.689. The van der Waals surface area contributed by atoms with Crippen molar-refractivity contribution in [1.82, 2.24) is 34.3 Å². The lowest BCUT2D eigenvalue weighted by atomic mass is 9.93. The maximum absolute atomic E-state index is 14.2. The van der Waals surface area contributed by atoms with Crippen LogP contribution in [0, 0.1) is 11.7 Å². The molecular formula is C34H35ClFN7O3S. The van der Waals surface area contributed by atoms with Gasteiger partial charge in [0.15, 0.2) is 0 Å². The number of nitrogens with one attached hydrogen (secondary N) is 1. The quantitative estimate of drug-likeness (QED) is 0.167. The van der Waals surface area contributed by atoms with E-state index in [1.165, 1.54) is 17.4 Å². The molecule has 47 heavy (non-hydrogen) atoms. The van der Waals surface area contributed by atoms with Gasteiger partial charge in [0.1, 0.15) is 23.1 Å². The Labute approximate surface area is 280 Å². The second kappa shape index (κ2) is 13.5. The first-order chi connectivity index (χ1) is 22.8. The molecule has 244 valence electrons. The monoisotopic (exact) mass is 675 g/mol. The van der Waals surface area contributed by atoms with Gasteiger partial charge in [-0.3, -0.25) is 19.8 Å². The molecule has 5 aromatic rings. The number of likely N-dealkylation sites (tertiary alicyclic amines) is 1. The topological polar surface area (TPSA) is 107 Å². The number of amides is 2. The van der Waals surface area contributed by atoms with Crippen molar-refractivity contribution in [2.75, 3.05) is 13.1 Å². The lowest BCUT2D eigenvalue weighted by molar-refractivity contribution is -0.121. The Morgan fingerprint density at radius 1 is 1.09 bits per heavy atom. The third-order valence-electron chi connectivity index (χ3n) is 8.90. The van der Waals surface area contributed by atoms with Crippen molar-refractivity contribution in [1.29, 1.82) is 0 Å². The molecule has 2 fully saturated rings. The summed E-state index contributed by atoms with van der Waals surface area (Å²) in [6, 6.07) is 12.2. The standard InChI is InChI=1S/C34H35ClFN7O3S/c1-2-42-20-37-16-25(42)17-43-28-15-29(33(45)40-32(44)22-6-7-22)47-34(28)39-30(43)18-41-12-10-21(11-13-41)27-4-3-5-31(38-27)46-19-23-8-9-24(35)14-26(23)36/h3-5,8-9,14-16,20-22H,2,6-7,10-13,17-19H2,1H3,(H,40,44,45). The van der Waals surface area contributed by atoms with Gasteiger partial charge in [-0.1, -0.05) is 23.7 Å². The SMILES string of the molecule is CCn1cncc1Cn1c(CN2CCC(c3cccc(OCc4ccc(Cl)cc4F)n3)CC2)nc2sc(C(=O)NC(=O)C3CC3)cc21. The highest BCUT2D eigenvalue weighted by molar-refractivity contribution is 7.20. The molecule has 4 aromatic heterocycles. The van der Waals surface area contributed by atoms with Crippen LogP contribution in [-0.2, 0) is 31.0 Å². The molecule has 0 atom stereocenters. The molecule has 0 bridgehead atoms. The Morgan fingerprint density at radius 3 is 2.68 bits per heavy atom. The van der Waals surface area contributed by atoms with E-state index in [0.29, 0.717) is 34.4 Å². The number of nitrogens with zero attached hydrogens (tertiary/aromatic N) is 6. The second-order valence-corrected chi connectivity index (χ2v) is 13.6. The lowest BCUT2D eigenvalue weighted by Gasteiger charge is -2.31. The molecule has 1 N–H and O–H groups in total. The maximum Gasteiger partial charge on any atom is 0.268 e. The van der Waals surface area contributed by atoms with Gasteiger partial charge in [-0.05, 0) is 70.0 Å². The molecule has 5 heterocycles. The number of carbonyl (C=O) groups excluding carboxylic acids is 2. The molecule has 1 aromatic carbocycles. The molecule has 0 radical (unpaired) electrons. The van der Waals surface area contributed by atoms with Gasteiger partial charge >= 0.3 is 0 Å². The van der Waals surface area contributed by atoms with Crippen LogP contribution in [0.3, 0.4) is 0 Å². The minimum absolute atomic E-state index is 0.0375. The Balaban J connectivity index is 1.03. The molecule has 2 amide bonds. The highest BCUT2D eigenvalue weighted by Crippen LogP contribution is 2.32. The van der Waals surface area contributed by atoms with Crippen molar-refractivity contribution >= 4 is 45.1 Å². The first-order valence-corrected chi connectivity index (χ1v) is 17.1. The van der Waals surface area contributed by atoms with Crippen molar-refractivity contribution in [3.63, 3.8) is 0 Å². The van der Waals surface area contributed by atoms with E-state index >= 15 is 0 Å². The van der Waals surface area contributed by atoms with Gasteiger partial charge < -0.3 is 13.9 Å². The fourth-order valence-electron chi connectivity index (χ4n) is 6.03. The predicted octanol–water partition coefficient (Wildman–Crippen LogP) is 6.18. The zero-order valence-corrected chi connectivity index (χ0v) is 27.6. The minimum Gasteiger partial charge on any atom is -0.473 e. The molecule has 2 aliphatic rings. The number of fused-ring (bicyclic) bond motifs is 1. The second-order valence-electron chi connectivity index (χ2n) is 12.2. The van der Waals surface area contributed by atoms with E-state index in [-0.39, 0.29) is 30.3 Å². The van der Waals surface area contributed by atoms with Gasteiger partial charge in [0.25, 0.3) is 5.91 Å². The zero-order valence-electron chi connectivity index (χ0n) is 26.0. The number of imidazole rings is 2. The van der Waals surface area contributed by atoms with E-state index in [0.717, 1.165) is 72.9 Å². The number of hydrogen-bond acceptors (Lipinski definition) is 8. The summed E-state index contributed by atoms with van der Waals surface area (Å²) >= 11 is 7.19. The van der Waals surface area contributed by atoms with Crippen LogP contribution in [0.5, 0.6) is 5.88 Å². The van der Waals surface area contributed by atoms with E-state index in [1.807, 2.05) is 30.7 Å². The van der Waals surface area contributed by atoms with Crippen LogP contribution in [0.4, 0.5) is 4.39 Å². The third-order valence-corrected chi connectivity index (χ3v) is 10.2. The summed E-state index contributed by atoms with van der Waals surface area (Å²) in [7, 11) is 0. The van der Waals surface area contributed by atoms with E-state index in [9.17, 15) is 14.0 Å². The number of ether oxygens (including phenoxy) is 1. The Morgan fingerprint density at radius 2 is 1.91 bits per heavy atom. The maximum atomic E-state index is 14.2. The van der Waals surface area contributed by atoms with Crippen LogP contribution in [0.1, 0.15) is 71.0 Å².